The van der Waals surface area contributed by atoms with Gasteiger partial charge in [-0.25, -0.2) is 0 Å². The Balaban J connectivity index is 2.64. The Kier molecular flexibility index (Phi) is 4.25. The lowest BCUT2D eigenvalue weighted by Crippen LogP contribution is -2.40. The minimum absolute atomic E-state index is 0.0452. The summed E-state index contributed by atoms with van der Waals surface area (Å²) in [4.78, 5) is 14.9. The second kappa shape index (κ2) is 5.69. The van der Waals surface area contributed by atoms with Crippen molar-refractivity contribution in [2.75, 3.05) is 0 Å². The minimum Gasteiger partial charge on any atom is -0.474 e. The maximum atomic E-state index is 13.1. The highest BCUT2D eigenvalue weighted by molar-refractivity contribution is 6.35. The molecule has 1 unspecified atom stereocenters. The van der Waals surface area contributed by atoms with Crippen LogP contribution in [0, 0.1) is 0 Å². The van der Waals surface area contributed by atoms with Crippen molar-refractivity contribution in [3.8, 4) is 5.75 Å². The molecule has 118 valence electrons. The van der Waals surface area contributed by atoms with Gasteiger partial charge in [0.1, 0.15) is 5.75 Å². The summed E-state index contributed by atoms with van der Waals surface area (Å²) < 4.78 is 44.2. The molecule has 0 saturated heterocycles. The lowest BCUT2D eigenvalue weighted by Gasteiger charge is -2.28. The van der Waals surface area contributed by atoms with Crippen LogP contribution in [0.3, 0.4) is 0 Å². The molecule has 0 bridgehead atoms. The Morgan fingerprint density at radius 1 is 1.23 bits per heavy atom. The monoisotopic (exact) mass is 353 g/mol. The Morgan fingerprint density at radius 2 is 1.82 bits per heavy atom. The van der Waals surface area contributed by atoms with Crippen molar-refractivity contribution in [3.05, 3.63) is 33.3 Å². The molecule has 0 radical (unpaired) electrons. The summed E-state index contributed by atoms with van der Waals surface area (Å²) in [6, 6.07) is 2.64. The molecule has 0 saturated carbocycles. The first-order chi connectivity index (χ1) is 10.1. The Morgan fingerprint density at radius 3 is 2.36 bits per heavy atom. The standard InChI is InChI=1S/C12H8Cl2F3N3O2/c13-6-1-2-7(14)8-4(6)3-5(10(21)20-11(18)19)9(22-8)12(15,16)17/h1-3,9H,(H4,18,19,20,21). The molecule has 4 N–H and O–H groups in total. The molecular formula is C12H8Cl2F3N3O2. The van der Waals surface area contributed by atoms with Gasteiger partial charge in [0.25, 0.3) is 5.91 Å². The molecule has 5 nitrogen and oxygen atoms in total. The zero-order chi connectivity index (χ0) is 16.7. The van der Waals surface area contributed by atoms with E-state index in [0.717, 1.165) is 6.08 Å². The maximum absolute atomic E-state index is 13.1. The van der Waals surface area contributed by atoms with Crippen LogP contribution in [0.1, 0.15) is 5.56 Å². The van der Waals surface area contributed by atoms with Gasteiger partial charge in [0, 0.05) is 5.56 Å². The fourth-order valence-electron chi connectivity index (χ4n) is 1.81. The van der Waals surface area contributed by atoms with Crippen LogP contribution in [-0.4, -0.2) is 24.1 Å². The van der Waals surface area contributed by atoms with E-state index >= 15 is 0 Å². The molecule has 0 fully saturated rings. The van der Waals surface area contributed by atoms with Crippen LogP contribution in [0.4, 0.5) is 13.2 Å². The van der Waals surface area contributed by atoms with Crippen LogP contribution in [-0.2, 0) is 4.79 Å². The second-order valence-corrected chi connectivity index (χ2v) is 5.07. The van der Waals surface area contributed by atoms with E-state index in [4.69, 9.17) is 39.4 Å². The molecule has 0 aliphatic carbocycles. The van der Waals surface area contributed by atoms with E-state index in [9.17, 15) is 18.0 Å². The second-order valence-electron chi connectivity index (χ2n) is 4.25. The fraction of sp³-hybridized carbons (Fsp3) is 0.167. The zero-order valence-corrected chi connectivity index (χ0v) is 12.1. The van der Waals surface area contributed by atoms with Crippen molar-refractivity contribution in [3.63, 3.8) is 0 Å². The van der Waals surface area contributed by atoms with Gasteiger partial charge in [0.05, 0.1) is 15.6 Å². The number of fused-ring (bicyclic) bond motifs is 1. The lowest BCUT2D eigenvalue weighted by atomic mass is 10.0. The average molecular weight is 354 g/mol. The van der Waals surface area contributed by atoms with Crippen LogP contribution in [0.5, 0.6) is 5.75 Å². The van der Waals surface area contributed by atoms with Gasteiger partial charge >= 0.3 is 6.18 Å². The number of aliphatic imine (C=N–C) groups is 1. The molecule has 1 aromatic carbocycles. The number of benzene rings is 1. The normalized spacial score (nSPS) is 17.1. The summed E-state index contributed by atoms with van der Waals surface area (Å²) in [6.45, 7) is 0. The molecular weight excluding hydrogens is 346 g/mol. The lowest BCUT2D eigenvalue weighted by molar-refractivity contribution is -0.185. The summed E-state index contributed by atoms with van der Waals surface area (Å²) in [7, 11) is 0. The number of nitrogens with zero attached hydrogens (tertiary/aromatic N) is 1. The summed E-state index contributed by atoms with van der Waals surface area (Å²) >= 11 is 11.7. The van der Waals surface area contributed by atoms with Crippen molar-refractivity contribution in [1.29, 1.82) is 0 Å². The van der Waals surface area contributed by atoms with Gasteiger partial charge in [-0.15, -0.1) is 0 Å². The highest BCUT2D eigenvalue weighted by Crippen LogP contribution is 2.43. The van der Waals surface area contributed by atoms with Crippen molar-refractivity contribution >= 4 is 41.1 Å². The van der Waals surface area contributed by atoms with E-state index < -0.39 is 29.7 Å². The van der Waals surface area contributed by atoms with Gasteiger partial charge < -0.3 is 16.2 Å². The van der Waals surface area contributed by atoms with Crippen LogP contribution in [0.15, 0.2) is 22.7 Å². The smallest absolute Gasteiger partial charge is 0.429 e. The predicted molar refractivity (Wildman–Crippen MR) is 75.7 cm³/mol. The van der Waals surface area contributed by atoms with Gasteiger partial charge in [-0.2, -0.15) is 18.2 Å². The predicted octanol–water partition coefficient (Wildman–Crippen LogP) is 2.50. The third kappa shape index (κ3) is 3.12. The van der Waals surface area contributed by atoms with Crippen LogP contribution in [0.25, 0.3) is 6.08 Å². The fourth-order valence-corrected chi connectivity index (χ4v) is 2.23. The molecule has 1 aliphatic rings. The third-order valence-corrected chi connectivity index (χ3v) is 3.31. The highest BCUT2D eigenvalue weighted by atomic mass is 35.5. The van der Waals surface area contributed by atoms with Crippen LogP contribution in [0.2, 0.25) is 10.0 Å². The largest absolute Gasteiger partial charge is 0.474 e. The van der Waals surface area contributed by atoms with E-state index in [-0.39, 0.29) is 21.4 Å². The van der Waals surface area contributed by atoms with Gasteiger partial charge in [0.2, 0.25) is 6.10 Å². The van der Waals surface area contributed by atoms with Crippen molar-refractivity contribution in [2.45, 2.75) is 12.3 Å². The summed E-state index contributed by atoms with van der Waals surface area (Å²) in [5, 5.41) is -0.00624. The number of carbonyl (C=O) groups is 1. The highest BCUT2D eigenvalue weighted by Gasteiger charge is 2.48. The number of hydrogen-bond donors (Lipinski definition) is 2. The first-order valence-electron chi connectivity index (χ1n) is 5.68. The van der Waals surface area contributed by atoms with E-state index in [1.165, 1.54) is 12.1 Å². The average Bonchev–Trinajstić information content (AvgIpc) is 2.40. The molecule has 2 rings (SSSR count). The number of amides is 1. The Hall–Kier alpha value is -1.93. The SMILES string of the molecule is NC(N)=NC(=O)C1=Cc2c(Cl)ccc(Cl)c2OC1C(F)(F)F. The number of rotatable bonds is 1. The minimum atomic E-state index is -4.87. The quantitative estimate of drug-likeness (QED) is 0.599. The van der Waals surface area contributed by atoms with Crippen LogP contribution >= 0.6 is 23.2 Å². The first-order valence-corrected chi connectivity index (χ1v) is 6.43. The van der Waals surface area contributed by atoms with Crippen LogP contribution < -0.4 is 16.2 Å². The van der Waals surface area contributed by atoms with Gasteiger partial charge in [-0.05, 0) is 18.2 Å². The molecule has 10 heteroatoms. The molecule has 1 atom stereocenters. The zero-order valence-electron chi connectivity index (χ0n) is 10.6. The van der Waals surface area contributed by atoms with Crippen molar-refractivity contribution < 1.29 is 22.7 Å². The van der Waals surface area contributed by atoms with E-state index in [1.807, 2.05) is 0 Å². The number of carbonyl (C=O) groups excluding carboxylic acids is 1. The van der Waals surface area contributed by atoms with E-state index in [1.54, 1.807) is 0 Å². The molecule has 1 aromatic rings. The number of nitrogens with two attached hydrogens (primary N) is 2. The maximum Gasteiger partial charge on any atom is 0.429 e. The number of halogens is 5. The Labute approximate surface area is 132 Å². The summed E-state index contributed by atoms with van der Waals surface area (Å²) in [5.74, 6) is -2.21. The number of ether oxygens (including phenoxy) is 1. The molecule has 1 aliphatic heterocycles. The number of guanidine groups is 1. The van der Waals surface area contributed by atoms with E-state index in [2.05, 4.69) is 4.99 Å². The molecule has 1 amide bonds. The molecule has 0 spiro atoms. The summed E-state index contributed by atoms with van der Waals surface area (Å²) in [6.07, 6.45) is -6.50. The van der Waals surface area contributed by atoms with E-state index in [0.29, 0.717) is 0 Å². The van der Waals surface area contributed by atoms with Crippen molar-refractivity contribution in [2.24, 2.45) is 16.5 Å². The Bertz CT molecular complexity index is 698. The molecule has 1 heterocycles. The number of hydrogen-bond acceptors (Lipinski definition) is 2. The first kappa shape index (κ1) is 16.4. The van der Waals surface area contributed by atoms with Gasteiger partial charge in [0.15, 0.2) is 5.96 Å². The number of alkyl halides is 3. The molecule has 0 aromatic heterocycles. The third-order valence-electron chi connectivity index (χ3n) is 2.69. The van der Waals surface area contributed by atoms with Crippen molar-refractivity contribution in [1.82, 2.24) is 0 Å². The molecule has 22 heavy (non-hydrogen) atoms. The van der Waals surface area contributed by atoms with Gasteiger partial charge in [-0.3, -0.25) is 4.79 Å². The summed E-state index contributed by atoms with van der Waals surface area (Å²) in [5.41, 5.74) is 9.28. The van der Waals surface area contributed by atoms with Gasteiger partial charge in [-0.1, -0.05) is 23.2 Å². The topological polar surface area (TPSA) is 90.7 Å².